The Kier molecular flexibility index (Phi) is 5.16. The minimum absolute atomic E-state index is 0.400. The predicted molar refractivity (Wildman–Crippen MR) is 147 cm³/mol. The van der Waals surface area contributed by atoms with Crippen molar-refractivity contribution in [1.82, 2.24) is 0 Å². The highest BCUT2D eigenvalue weighted by molar-refractivity contribution is 14.1. The molecule has 0 fully saturated rings. The molecule has 0 aromatic heterocycles. The topological polar surface area (TPSA) is 0 Å². The third-order valence-corrected chi connectivity index (χ3v) is 8.92. The molecule has 0 spiro atoms. The lowest BCUT2D eigenvalue weighted by Crippen LogP contribution is -2.34. The average Bonchev–Trinajstić information content (AvgIpc) is 2.84. The van der Waals surface area contributed by atoms with Gasteiger partial charge >= 0.3 is 0 Å². The van der Waals surface area contributed by atoms with Crippen molar-refractivity contribution in [2.24, 2.45) is 0 Å². The van der Waals surface area contributed by atoms with E-state index in [0.717, 1.165) is 4.47 Å². The van der Waals surface area contributed by atoms with Gasteiger partial charge in [-0.05, 0) is 85.9 Å². The fourth-order valence-corrected chi connectivity index (χ4v) is 7.07. The van der Waals surface area contributed by atoms with Gasteiger partial charge in [0.1, 0.15) is 0 Å². The Morgan fingerprint density at radius 3 is 1.78 bits per heavy atom. The predicted octanol–water partition coefficient (Wildman–Crippen LogP) is 9.05. The minimum atomic E-state index is -0.400. The Labute approximate surface area is 214 Å². The van der Waals surface area contributed by atoms with Gasteiger partial charge in [0.05, 0.1) is 5.41 Å². The van der Waals surface area contributed by atoms with E-state index in [0.29, 0.717) is 0 Å². The normalized spacial score (nSPS) is 14.1. The van der Waals surface area contributed by atoms with Gasteiger partial charge in [0, 0.05) is 17.8 Å². The molecular weight excluding hydrogens is 587 g/mol. The van der Waals surface area contributed by atoms with E-state index in [2.05, 4.69) is 148 Å². The molecule has 6 rings (SSSR count). The van der Waals surface area contributed by atoms with Crippen LogP contribution in [0.1, 0.15) is 22.3 Å². The van der Waals surface area contributed by atoms with Crippen LogP contribution in [0.3, 0.4) is 0 Å². The standard InChI is InChI=1S/C29H18BrIS/c30-26-18-17-23(21-7-1-2-8-22(21)26)29(19-13-15-20(31)16-14-19)24-9-3-5-11-27(24)32-28-12-6-4-10-25(28)29/h1-18H. The molecule has 5 aromatic carbocycles. The van der Waals surface area contributed by atoms with Crippen molar-refractivity contribution in [3.8, 4) is 0 Å². The summed E-state index contributed by atoms with van der Waals surface area (Å²) in [5.41, 5.74) is 4.90. The molecule has 154 valence electrons. The summed E-state index contributed by atoms with van der Waals surface area (Å²) >= 11 is 8.07. The van der Waals surface area contributed by atoms with E-state index >= 15 is 0 Å². The molecule has 0 saturated carbocycles. The highest BCUT2D eigenvalue weighted by Crippen LogP contribution is 2.56. The van der Waals surface area contributed by atoms with Crippen LogP contribution >= 0.6 is 50.3 Å². The van der Waals surface area contributed by atoms with Gasteiger partial charge in [-0.1, -0.05) is 107 Å². The summed E-state index contributed by atoms with van der Waals surface area (Å²) in [6.45, 7) is 0. The highest BCUT2D eigenvalue weighted by atomic mass is 127. The summed E-state index contributed by atoms with van der Waals surface area (Å²) in [5.74, 6) is 0. The fourth-order valence-electron chi connectivity index (χ4n) is 5.04. The fraction of sp³-hybridized carbons (Fsp3) is 0.0345. The lowest BCUT2D eigenvalue weighted by atomic mass is 9.64. The molecule has 3 heteroatoms. The number of rotatable bonds is 2. The minimum Gasteiger partial charge on any atom is -0.0894 e. The Hall–Kier alpha value is -2.08. The summed E-state index contributed by atoms with van der Waals surface area (Å²) < 4.78 is 2.37. The van der Waals surface area contributed by atoms with Crippen molar-refractivity contribution in [3.63, 3.8) is 0 Å². The molecule has 0 N–H and O–H groups in total. The lowest BCUT2D eigenvalue weighted by molar-refractivity contribution is 0.708. The lowest BCUT2D eigenvalue weighted by Gasteiger charge is -2.42. The zero-order valence-electron chi connectivity index (χ0n) is 17.1. The summed E-state index contributed by atoms with van der Waals surface area (Å²) in [6.07, 6.45) is 0. The first-order chi connectivity index (χ1) is 15.7. The van der Waals surface area contributed by atoms with Crippen LogP contribution in [0.4, 0.5) is 0 Å². The molecule has 0 nitrogen and oxygen atoms in total. The van der Waals surface area contributed by atoms with Crippen LogP contribution in [0.25, 0.3) is 10.8 Å². The van der Waals surface area contributed by atoms with Crippen molar-refractivity contribution in [1.29, 1.82) is 0 Å². The molecule has 1 heterocycles. The van der Waals surface area contributed by atoms with Gasteiger partial charge in [0.2, 0.25) is 0 Å². The molecule has 0 bridgehead atoms. The van der Waals surface area contributed by atoms with Crippen molar-refractivity contribution in [2.75, 3.05) is 0 Å². The average molecular weight is 605 g/mol. The van der Waals surface area contributed by atoms with Gasteiger partial charge in [-0.2, -0.15) is 0 Å². The van der Waals surface area contributed by atoms with Crippen LogP contribution in [0.2, 0.25) is 0 Å². The van der Waals surface area contributed by atoms with E-state index in [1.165, 1.54) is 46.4 Å². The van der Waals surface area contributed by atoms with Gasteiger partial charge in [0.15, 0.2) is 0 Å². The quantitative estimate of drug-likeness (QED) is 0.178. The monoisotopic (exact) mass is 604 g/mol. The second-order valence-electron chi connectivity index (χ2n) is 7.99. The van der Waals surface area contributed by atoms with E-state index in [9.17, 15) is 0 Å². The van der Waals surface area contributed by atoms with E-state index in [1.54, 1.807) is 0 Å². The first-order valence-corrected chi connectivity index (χ1v) is 13.2. The maximum Gasteiger partial charge on any atom is 0.0729 e. The third-order valence-electron chi connectivity index (χ3n) is 6.35. The molecule has 0 aliphatic carbocycles. The van der Waals surface area contributed by atoms with Crippen LogP contribution in [0, 0.1) is 3.57 Å². The summed E-state index contributed by atoms with van der Waals surface area (Å²) in [4.78, 5) is 2.63. The molecule has 0 saturated heterocycles. The van der Waals surface area contributed by atoms with Crippen molar-refractivity contribution in [2.45, 2.75) is 15.2 Å². The van der Waals surface area contributed by atoms with Crippen LogP contribution in [0.15, 0.2) is 123 Å². The zero-order chi connectivity index (χ0) is 21.7. The Morgan fingerprint density at radius 2 is 1.12 bits per heavy atom. The summed E-state index contributed by atoms with van der Waals surface area (Å²) in [5, 5.41) is 2.51. The van der Waals surface area contributed by atoms with Crippen molar-refractivity contribution >= 4 is 61.1 Å². The molecule has 5 aromatic rings. The Balaban J connectivity index is 1.85. The number of hydrogen-bond acceptors (Lipinski definition) is 1. The van der Waals surface area contributed by atoms with Gasteiger partial charge in [-0.3, -0.25) is 0 Å². The van der Waals surface area contributed by atoms with Crippen LogP contribution in [-0.4, -0.2) is 0 Å². The van der Waals surface area contributed by atoms with Gasteiger partial charge in [-0.25, -0.2) is 0 Å². The number of hydrogen-bond donors (Lipinski definition) is 0. The van der Waals surface area contributed by atoms with Crippen LogP contribution in [-0.2, 0) is 5.41 Å². The molecule has 0 radical (unpaired) electrons. The molecule has 0 unspecified atom stereocenters. The third kappa shape index (κ3) is 3.01. The number of fused-ring (bicyclic) bond motifs is 3. The van der Waals surface area contributed by atoms with Crippen molar-refractivity contribution < 1.29 is 0 Å². The van der Waals surface area contributed by atoms with E-state index in [4.69, 9.17) is 0 Å². The SMILES string of the molecule is Brc1ccc(C2(c3ccc(I)cc3)c3ccccc3Sc3ccccc32)c2ccccc12. The number of halogens is 2. The molecular formula is C29H18BrIS. The van der Waals surface area contributed by atoms with Crippen LogP contribution in [0.5, 0.6) is 0 Å². The molecule has 1 aliphatic heterocycles. The maximum absolute atomic E-state index is 3.80. The molecule has 0 atom stereocenters. The first-order valence-electron chi connectivity index (χ1n) is 10.5. The maximum atomic E-state index is 3.80. The zero-order valence-corrected chi connectivity index (χ0v) is 21.6. The molecule has 32 heavy (non-hydrogen) atoms. The van der Waals surface area contributed by atoms with Gasteiger partial charge in [-0.15, -0.1) is 0 Å². The molecule has 1 aliphatic rings. The smallest absolute Gasteiger partial charge is 0.0729 e. The second-order valence-corrected chi connectivity index (χ2v) is 11.2. The highest BCUT2D eigenvalue weighted by Gasteiger charge is 2.45. The summed E-state index contributed by atoms with van der Waals surface area (Å²) in [7, 11) is 0. The Bertz CT molecular complexity index is 1430. The van der Waals surface area contributed by atoms with Gasteiger partial charge < -0.3 is 0 Å². The van der Waals surface area contributed by atoms with Crippen LogP contribution < -0.4 is 0 Å². The van der Waals surface area contributed by atoms with Crippen molar-refractivity contribution in [3.05, 3.63) is 139 Å². The number of benzene rings is 5. The summed E-state index contributed by atoms with van der Waals surface area (Å²) in [6, 6.07) is 40.1. The second kappa shape index (κ2) is 8.05. The Morgan fingerprint density at radius 1 is 0.562 bits per heavy atom. The van der Waals surface area contributed by atoms with Gasteiger partial charge in [0.25, 0.3) is 0 Å². The molecule has 0 amide bonds. The van der Waals surface area contributed by atoms with E-state index in [-0.39, 0.29) is 0 Å². The van der Waals surface area contributed by atoms with E-state index < -0.39 is 5.41 Å². The first kappa shape index (κ1) is 20.5. The largest absolute Gasteiger partial charge is 0.0894 e. The van der Waals surface area contributed by atoms with E-state index in [1.807, 2.05) is 11.8 Å².